The average Bonchev–Trinajstić information content (AvgIpc) is 3.41. The summed E-state index contributed by atoms with van der Waals surface area (Å²) in [5.74, 6) is -1.48. The standard InChI is InChI=1S/C64H115O11P/c1-4-7-10-13-16-19-22-25-28-30-33-36-39-42-45-48-51-54-63(67)74-60(56-65)58-72-76(69,70)73-59-61(57-71-62(66)53-50-47-44-41-38-35-32-27-24-21-18-15-12-9-6-3)75-64(68)55-52-49-46-43-40-37-34-31-29-26-23-20-17-14-11-8-5-2/h16-17,19-20,25-29,32,60-61,65H,4-15,18,21-24,30-31,33-59H2,1-3H3,(H,69,70)/b19-16-,20-17-,28-25-,29-26-,32-27-. The third-order valence-corrected chi connectivity index (χ3v) is 14.3. The minimum Gasteiger partial charge on any atom is -0.462 e. The largest absolute Gasteiger partial charge is 0.472 e. The van der Waals surface area contributed by atoms with E-state index < -0.39 is 57.8 Å². The Morgan fingerprint density at radius 2 is 0.645 bits per heavy atom. The van der Waals surface area contributed by atoms with Crippen molar-refractivity contribution in [1.29, 1.82) is 0 Å². The SMILES string of the molecule is CCCCC/C=C\C/C=C\CCCCCCCCCC(=O)OC(CO)COP(=O)(O)OCC(COC(=O)CCCCCCC/C=C\CCCCCCCC)OC(=O)CCCCCCCCC/C=C\C/C=C\CCCCC. The highest BCUT2D eigenvalue weighted by Gasteiger charge is 2.28. The maximum absolute atomic E-state index is 12.9. The van der Waals surface area contributed by atoms with Gasteiger partial charge in [0, 0.05) is 19.3 Å². The molecule has 12 heteroatoms. The van der Waals surface area contributed by atoms with Crippen molar-refractivity contribution in [2.24, 2.45) is 0 Å². The summed E-state index contributed by atoms with van der Waals surface area (Å²) < 4.78 is 39.6. The number of aliphatic hydroxyl groups excluding tert-OH is 1. The van der Waals surface area contributed by atoms with E-state index in [2.05, 4.69) is 81.5 Å². The van der Waals surface area contributed by atoms with Crippen molar-refractivity contribution in [3.8, 4) is 0 Å². The molecule has 76 heavy (non-hydrogen) atoms. The predicted molar refractivity (Wildman–Crippen MR) is 316 cm³/mol. The van der Waals surface area contributed by atoms with E-state index >= 15 is 0 Å². The van der Waals surface area contributed by atoms with Gasteiger partial charge in [-0.25, -0.2) is 4.57 Å². The third kappa shape index (κ3) is 55.9. The van der Waals surface area contributed by atoms with Crippen LogP contribution in [-0.4, -0.2) is 66.5 Å². The molecule has 442 valence electrons. The molecule has 0 fully saturated rings. The molecule has 0 aliphatic heterocycles. The Morgan fingerprint density at radius 1 is 0.368 bits per heavy atom. The number of phosphoric ester groups is 1. The number of carbonyl (C=O) groups excluding carboxylic acids is 3. The third-order valence-electron chi connectivity index (χ3n) is 13.4. The average molecular weight is 1090 g/mol. The van der Waals surface area contributed by atoms with Crippen LogP contribution in [0.15, 0.2) is 60.8 Å². The molecule has 0 aromatic carbocycles. The fraction of sp³-hybridized carbons (Fsp3) is 0.797. The lowest BCUT2D eigenvalue weighted by Crippen LogP contribution is -2.30. The van der Waals surface area contributed by atoms with Gasteiger partial charge in [-0.3, -0.25) is 23.4 Å². The summed E-state index contributed by atoms with van der Waals surface area (Å²) in [5.41, 5.74) is 0. The van der Waals surface area contributed by atoms with Crippen molar-refractivity contribution in [1.82, 2.24) is 0 Å². The van der Waals surface area contributed by atoms with Crippen molar-refractivity contribution in [3.05, 3.63) is 60.8 Å². The van der Waals surface area contributed by atoms with Gasteiger partial charge in [0.25, 0.3) is 0 Å². The quantitative estimate of drug-likeness (QED) is 0.0197. The number of ether oxygens (including phenoxy) is 3. The highest BCUT2D eigenvalue weighted by molar-refractivity contribution is 7.47. The van der Waals surface area contributed by atoms with Crippen LogP contribution in [0.25, 0.3) is 0 Å². The molecule has 0 bridgehead atoms. The topological polar surface area (TPSA) is 155 Å². The lowest BCUT2D eigenvalue weighted by atomic mass is 10.1. The number of rotatable bonds is 58. The lowest BCUT2D eigenvalue weighted by molar-refractivity contribution is -0.161. The van der Waals surface area contributed by atoms with Gasteiger partial charge in [0.2, 0.25) is 0 Å². The molecule has 3 atom stereocenters. The first-order valence-corrected chi connectivity index (χ1v) is 32.7. The number of carbonyl (C=O) groups is 3. The number of phosphoric acid groups is 1. The van der Waals surface area contributed by atoms with Crippen LogP contribution in [0, 0.1) is 0 Å². The molecule has 2 N–H and O–H groups in total. The van der Waals surface area contributed by atoms with E-state index in [0.29, 0.717) is 19.3 Å². The van der Waals surface area contributed by atoms with Crippen LogP contribution >= 0.6 is 7.82 Å². The zero-order valence-corrected chi connectivity index (χ0v) is 49.9. The van der Waals surface area contributed by atoms with Crippen molar-refractivity contribution in [3.63, 3.8) is 0 Å². The van der Waals surface area contributed by atoms with Crippen LogP contribution in [0.4, 0.5) is 0 Å². The Morgan fingerprint density at radius 3 is 1.01 bits per heavy atom. The molecule has 0 heterocycles. The highest BCUT2D eigenvalue weighted by atomic mass is 31.2. The second kappa shape index (κ2) is 58.3. The van der Waals surface area contributed by atoms with E-state index in [1.807, 2.05) is 0 Å². The van der Waals surface area contributed by atoms with Gasteiger partial charge in [-0.15, -0.1) is 0 Å². The number of unbranched alkanes of at least 4 members (excludes halogenated alkanes) is 31. The molecule has 0 aliphatic rings. The predicted octanol–water partition coefficient (Wildman–Crippen LogP) is 18.7. The van der Waals surface area contributed by atoms with E-state index in [4.69, 9.17) is 23.3 Å². The maximum Gasteiger partial charge on any atom is 0.472 e. The normalized spacial score (nSPS) is 13.7. The van der Waals surface area contributed by atoms with Crippen LogP contribution in [0.2, 0.25) is 0 Å². The Hall–Kier alpha value is -2.82. The minimum atomic E-state index is -4.76. The molecule has 0 spiro atoms. The van der Waals surface area contributed by atoms with Gasteiger partial charge in [-0.2, -0.15) is 0 Å². The molecule has 0 amide bonds. The van der Waals surface area contributed by atoms with Gasteiger partial charge in [0.1, 0.15) is 12.7 Å². The summed E-state index contributed by atoms with van der Waals surface area (Å²) in [4.78, 5) is 48.7. The summed E-state index contributed by atoms with van der Waals surface area (Å²) in [7, 11) is -4.76. The Balaban J connectivity index is 4.71. The van der Waals surface area contributed by atoms with Gasteiger partial charge < -0.3 is 24.2 Å². The number of allylic oxidation sites excluding steroid dienone is 10. The molecular formula is C64H115O11P. The second-order valence-corrected chi connectivity index (χ2v) is 22.3. The number of hydrogen-bond donors (Lipinski definition) is 2. The molecule has 0 aromatic rings. The van der Waals surface area contributed by atoms with Crippen LogP contribution in [0.3, 0.4) is 0 Å². The van der Waals surface area contributed by atoms with Crippen LogP contribution < -0.4 is 0 Å². The lowest BCUT2D eigenvalue weighted by Gasteiger charge is -2.21. The van der Waals surface area contributed by atoms with Crippen LogP contribution in [-0.2, 0) is 42.2 Å². The molecule has 0 saturated carbocycles. The van der Waals surface area contributed by atoms with Crippen molar-refractivity contribution in [2.45, 2.75) is 303 Å². The van der Waals surface area contributed by atoms with Crippen molar-refractivity contribution < 1.29 is 52.2 Å². The first-order chi connectivity index (χ1) is 37.2. The van der Waals surface area contributed by atoms with Gasteiger partial charge in [-0.05, 0) is 109 Å². The van der Waals surface area contributed by atoms with Crippen molar-refractivity contribution >= 4 is 25.7 Å². The molecule has 3 unspecified atom stereocenters. The van der Waals surface area contributed by atoms with E-state index in [1.165, 1.54) is 116 Å². The maximum atomic E-state index is 12.9. The van der Waals surface area contributed by atoms with E-state index in [1.54, 1.807) is 0 Å². The summed E-state index contributed by atoms with van der Waals surface area (Å²) in [6, 6.07) is 0. The van der Waals surface area contributed by atoms with E-state index in [9.17, 15) is 28.9 Å². The van der Waals surface area contributed by atoms with Gasteiger partial charge >= 0.3 is 25.7 Å². The molecule has 0 rings (SSSR count). The monoisotopic (exact) mass is 1090 g/mol. The molecule has 0 aromatic heterocycles. The molecule has 11 nitrogen and oxygen atoms in total. The minimum absolute atomic E-state index is 0.157. The zero-order valence-electron chi connectivity index (χ0n) is 49.0. The highest BCUT2D eigenvalue weighted by Crippen LogP contribution is 2.43. The van der Waals surface area contributed by atoms with E-state index in [-0.39, 0.29) is 25.9 Å². The molecule has 0 saturated heterocycles. The number of esters is 3. The summed E-state index contributed by atoms with van der Waals surface area (Å²) in [5, 5.41) is 9.84. The number of hydrogen-bond acceptors (Lipinski definition) is 10. The molecular weight excluding hydrogens is 976 g/mol. The molecule has 0 radical (unpaired) electrons. The Bertz CT molecular complexity index is 1510. The van der Waals surface area contributed by atoms with Gasteiger partial charge in [0.05, 0.1) is 19.8 Å². The fourth-order valence-corrected chi connectivity index (χ4v) is 9.37. The zero-order chi connectivity index (χ0) is 55.5. The summed E-state index contributed by atoms with van der Waals surface area (Å²) in [6.07, 6.45) is 64.5. The fourth-order valence-electron chi connectivity index (χ4n) is 8.59. The van der Waals surface area contributed by atoms with Gasteiger partial charge in [0.15, 0.2) is 6.10 Å². The van der Waals surface area contributed by atoms with Crippen LogP contribution in [0.1, 0.15) is 290 Å². The number of aliphatic hydroxyl groups is 1. The van der Waals surface area contributed by atoms with Crippen molar-refractivity contribution in [2.75, 3.05) is 26.4 Å². The summed E-state index contributed by atoms with van der Waals surface area (Å²) >= 11 is 0. The second-order valence-electron chi connectivity index (χ2n) is 20.9. The first kappa shape index (κ1) is 73.2. The van der Waals surface area contributed by atoms with Crippen LogP contribution in [0.5, 0.6) is 0 Å². The summed E-state index contributed by atoms with van der Waals surface area (Å²) in [6.45, 7) is 4.60. The molecule has 0 aliphatic carbocycles. The smallest absolute Gasteiger partial charge is 0.462 e. The Kier molecular flexibility index (Phi) is 56.2. The Labute approximate surface area is 465 Å². The van der Waals surface area contributed by atoms with E-state index in [0.717, 1.165) is 116 Å². The van der Waals surface area contributed by atoms with Gasteiger partial charge in [-0.1, -0.05) is 223 Å². The first-order valence-electron chi connectivity index (χ1n) is 31.2.